The molecule has 1 atom stereocenters. The molecule has 0 spiro atoms. The molecular weight excluding hydrogens is 473 g/mol. The summed E-state index contributed by atoms with van der Waals surface area (Å²) in [4.78, 5) is 21.2. The first-order valence-corrected chi connectivity index (χ1v) is 12.2. The maximum atomic E-state index is 14.8. The first-order valence-electron chi connectivity index (χ1n) is 12.2. The quantitative estimate of drug-likeness (QED) is 0.479. The molecule has 1 saturated heterocycles. The number of nitriles is 1. The number of hydrogen-bond donors (Lipinski definition) is 2. The fraction of sp³-hybridized carbons (Fsp3) is 0.444. The molecule has 37 heavy (non-hydrogen) atoms. The zero-order valence-corrected chi connectivity index (χ0v) is 22.0. The van der Waals surface area contributed by atoms with Gasteiger partial charge in [0.15, 0.2) is 0 Å². The summed E-state index contributed by atoms with van der Waals surface area (Å²) in [5.74, 6) is -0.998. The highest BCUT2D eigenvalue weighted by Crippen LogP contribution is 2.40. The molecule has 2 aromatic heterocycles. The van der Waals surface area contributed by atoms with Crippen molar-refractivity contribution < 1.29 is 13.9 Å². The normalized spacial score (nSPS) is 17.6. The van der Waals surface area contributed by atoms with Crippen molar-refractivity contribution in [3.63, 3.8) is 0 Å². The first kappa shape index (κ1) is 26.2. The van der Waals surface area contributed by atoms with E-state index in [0.29, 0.717) is 17.2 Å². The summed E-state index contributed by atoms with van der Waals surface area (Å²) in [6.45, 7) is 11.7. The Morgan fingerprint density at radius 1 is 1.24 bits per heavy atom. The van der Waals surface area contributed by atoms with Crippen LogP contribution in [-0.4, -0.2) is 42.9 Å². The summed E-state index contributed by atoms with van der Waals surface area (Å²) in [5, 5.41) is 19.1. The van der Waals surface area contributed by atoms with Gasteiger partial charge >= 0.3 is 0 Å². The molecule has 1 aliphatic rings. The highest BCUT2D eigenvalue weighted by molar-refractivity contribution is 5.95. The summed E-state index contributed by atoms with van der Waals surface area (Å²) in [7, 11) is 0. The predicted octanol–water partition coefficient (Wildman–Crippen LogP) is 5.08. The van der Waals surface area contributed by atoms with Crippen LogP contribution in [0.15, 0.2) is 36.8 Å². The van der Waals surface area contributed by atoms with Gasteiger partial charge in [-0.15, -0.1) is 0 Å². The third-order valence-corrected chi connectivity index (χ3v) is 6.24. The molecule has 0 aliphatic carbocycles. The lowest BCUT2D eigenvalue weighted by molar-refractivity contribution is -0.170. The SMILES string of the molecule is Cc1cnc(Nc2cnn(C3CC(C)(C)OC(C)(C)C3)c2)nc1-c1ccc(C(=O)NC(C)C#N)c(F)c1. The summed E-state index contributed by atoms with van der Waals surface area (Å²) >= 11 is 0. The van der Waals surface area contributed by atoms with Crippen molar-refractivity contribution in [1.29, 1.82) is 5.26 Å². The molecule has 0 bridgehead atoms. The highest BCUT2D eigenvalue weighted by atomic mass is 19.1. The summed E-state index contributed by atoms with van der Waals surface area (Å²) < 4.78 is 22.9. The monoisotopic (exact) mass is 505 g/mol. The van der Waals surface area contributed by atoms with E-state index in [-0.39, 0.29) is 22.8 Å². The van der Waals surface area contributed by atoms with E-state index in [0.717, 1.165) is 24.1 Å². The molecule has 3 aromatic rings. The third kappa shape index (κ3) is 6.12. The van der Waals surface area contributed by atoms with Crippen LogP contribution in [0.2, 0.25) is 0 Å². The van der Waals surface area contributed by atoms with Crippen molar-refractivity contribution >= 4 is 17.5 Å². The molecule has 0 radical (unpaired) electrons. The number of hydrogen-bond acceptors (Lipinski definition) is 7. The van der Waals surface area contributed by atoms with Gasteiger partial charge in [-0.3, -0.25) is 9.48 Å². The second kappa shape index (κ2) is 9.90. The molecule has 1 unspecified atom stereocenters. The Morgan fingerprint density at radius 3 is 2.59 bits per heavy atom. The number of nitrogens with one attached hydrogen (secondary N) is 2. The Kier molecular flexibility index (Phi) is 7.02. The molecule has 9 nitrogen and oxygen atoms in total. The van der Waals surface area contributed by atoms with Gasteiger partial charge in [0.2, 0.25) is 5.95 Å². The molecule has 1 fully saturated rings. The van der Waals surface area contributed by atoms with Gasteiger partial charge < -0.3 is 15.4 Å². The van der Waals surface area contributed by atoms with Crippen LogP contribution in [0.1, 0.15) is 69.4 Å². The van der Waals surface area contributed by atoms with Crippen LogP contribution in [-0.2, 0) is 4.74 Å². The maximum absolute atomic E-state index is 14.8. The Balaban J connectivity index is 1.53. The van der Waals surface area contributed by atoms with Crippen molar-refractivity contribution in [3.05, 3.63) is 53.7 Å². The van der Waals surface area contributed by atoms with Crippen molar-refractivity contribution in [2.45, 2.75) is 77.7 Å². The number of aromatic nitrogens is 4. The van der Waals surface area contributed by atoms with Crippen LogP contribution < -0.4 is 10.6 Å². The molecule has 1 amide bonds. The number of halogens is 1. The summed E-state index contributed by atoms with van der Waals surface area (Å²) in [5.41, 5.74) is 1.90. The lowest BCUT2D eigenvalue weighted by Gasteiger charge is -2.45. The number of rotatable bonds is 6. The van der Waals surface area contributed by atoms with Crippen LogP contribution >= 0.6 is 0 Å². The molecule has 4 rings (SSSR count). The molecule has 10 heteroatoms. The Morgan fingerprint density at radius 2 is 1.95 bits per heavy atom. The molecular formula is C27H32FN7O2. The molecule has 1 aromatic carbocycles. The van der Waals surface area contributed by atoms with Gasteiger partial charge in [-0.05, 0) is 72.1 Å². The van der Waals surface area contributed by atoms with E-state index < -0.39 is 17.8 Å². The zero-order chi connectivity index (χ0) is 27.0. The number of amides is 1. The topological polar surface area (TPSA) is 118 Å². The number of anilines is 2. The second-order valence-electron chi connectivity index (χ2n) is 10.8. The Labute approximate surface area is 216 Å². The molecule has 194 valence electrons. The minimum absolute atomic E-state index is 0.136. The molecule has 3 heterocycles. The van der Waals surface area contributed by atoms with Crippen molar-refractivity contribution in [1.82, 2.24) is 25.1 Å². The van der Waals surface area contributed by atoms with Crippen LogP contribution in [0, 0.1) is 24.1 Å². The highest BCUT2D eigenvalue weighted by Gasteiger charge is 2.40. The number of carbonyl (C=O) groups excluding carboxylic acids is 1. The predicted molar refractivity (Wildman–Crippen MR) is 138 cm³/mol. The van der Waals surface area contributed by atoms with Gasteiger partial charge in [0, 0.05) is 18.0 Å². The summed E-state index contributed by atoms with van der Waals surface area (Å²) in [6.07, 6.45) is 7.01. The van der Waals surface area contributed by atoms with Crippen molar-refractivity contribution in [3.8, 4) is 17.3 Å². The van der Waals surface area contributed by atoms with Crippen molar-refractivity contribution in [2.24, 2.45) is 0 Å². The van der Waals surface area contributed by atoms with E-state index in [1.54, 1.807) is 18.5 Å². The minimum atomic E-state index is -0.724. The lowest BCUT2D eigenvalue weighted by Crippen LogP contribution is -2.45. The average Bonchev–Trinajstić information content (AvgIpc) is 3.26. The smallest absolute Gasteiger partial charge is 0.255 e. The fourth-order valence-corrected chi connectivity index (χ4v) is 4.90. The number of aryl methyl sites for hydroxylation is 1. The minimum Gasteiger partial charge on any atom is -0.370 e. The van der Waals surface area contributed by atoms with E-state index >= 15 is 0 Å². The third-order valence-electron chi connectivity index (χ3n) is 6.24. The largest absolute Gasteiger partial charge is 0.370 e. The van der Waals surface area contributed by atoms with E-state index in [9.17, 15) is 9.18 Å². The fourth-order valence-electron chi connectivity index (χ4n) is 4.90. The van der Waals surface area contributed by atoms with Gasteiger partial charge in [-0.25, -0.2) is 14.4 Å². The number of nitrogens with zero attached hydrogens (tertiary/aromatic N) is 5. The van der Waals surface area contributed by atoms with Crippen LogP contribution in [0.4, 0.5) is 16.0 Å². The summed E-state index contributed by atoms with van der Waals surface area (Å²) in [6, 6.07) is 5.64. The van der Waals surface area contributed by atoms with Gasteiger partial charge in [0.05, 0.1) is 46.5 Å². The number of ether oxygens (including phenoxy) is 1. The van der Waals surface area contributed by atoms with Gasteiger partial charge in [0.25, 0.3) is 5.91 Å². The van der Waals surface area contributed by atoms with E-state index in [4.69, 9.17) is 10.00 Å². The van der Waals surface area contributed by atoms with Crippen LogP contribution in [0.5, 0.6) is 0 Å². The van der Waals surface area contributed by atoms with Crippen LogP contribution in [0.25, 0.3) is 11.3 Å². The Hall–Kier alpha value is -3.84. The van der Waals surface area contributed by atoms with E-state index in [1.807, 2.05) is 23.9 Å². The van der Waals surface area contributed by atoms with Gasteiger partial charge in [0.1, 0.15) is 11.9 Å². The van der Waals surface area contributed by atoms with Crippen molar-refractivity contribution in [2.75, 3.05) is 5.32 Å². The Bertz CT molecular complexity index is 1340. The zero-order valence-electron chi connectivity index (χ0n) is 22.0. The lowest BCUT2D eigenvalue weighted by atomic mass is 9.85. The molecule has 2 N–H and O–H groups in total. The van der Waals surface area contributed by atoms with E-state index in [2.05, 4.69) is 53.4 Å². The van der Waals surface area contributed by atoms with Gasteiger partial charge in [-0.1, -0.05) is 6.07 Å². The molecule has 0 saturated carbocycles. The first-order chi connectivity index (χ1) is 17.4. The van der Waals surface area contributed by atoms with Crippen LogP contribution in [0.3, 0.4) is 0 Å². The standard InChI is InChI=1S/C27H32FN7O2/c1-16-13-30-25(33-19-14-31-35(15-19)20-10-26(3,4)37-27(5,6)11-20)34-23(16)18-7-8-21(22(28)9-18)24(36)32-17(2)12-29/h7-9,13-15,17,20H,10-11H2,1-6H3,(H,32,36)(H,30,33,34). The number of benzene rings is 1. The average molecular weight is 506 g/mol. The van der Waals surface area contributed by atoms with Gasteiger partial charge in [-0.2, -0.15) is 10.4 Å². The number of carbonyl (C=O) groups is 1. The molecule has 1 aliphatic heterocycles. The maximum Gasteiger partial charge on any atom is 0.255 e. The van der Waals surface area contributed by atoms with E-state index in [1.165, 1.54) is 19.1 Å². The second-order valence-corrected chi connectivity index (χ2v) is 10.8.